The molecule has 0 spiro atoms. The van der Waals surface area contributed by atoms with E-state index in [0.29, 0.717) is 18.2 Å². The van der Waals surface area contributed by atoms with Crippen LogP contribution in [0.4, 0.5) is 0 Å². The van der Waals surface area contributed by atoms with E-state index in [1.54, 1.807) is 7.11 Å². The number of carbonyl (C=O) groups excluding carboxylic acids is 1. The standard InChI is InChI=1S/C25H30N4O2S/c1-4-28-24(21-12-14-22(31-3)15-13-21)26-27-25(28)32-17-23(30)29(18(2)20-10-11-20)16-19-8-6-5-7-9-19/h5-9,12-15,18,20H,4,10-11,16-17H2,1-3H3. The summed E-state index contributed by atoms with van der Waals surface area (Å²) in [5, 5.41) is 9.56. The molecule has 7 heteroatoms. The molecule has 0 bridgehead atoms. The fraction of sp³-hybridized carbons (Fsp3) is 0.400. The van der Waals surface area contributed by atoms with E-state index >= 15 is 0 Å². The van der Waals surface area contributed by atoms with Gasteiger partial charge in [0.1, 0.15) is 5.75 Å². The van der Waals surface area contributed by atoms with Crippen LogP contribution < -0.4 is 4.74 Å². The second kappa shape index (κ2) is 10.2. The molecular weight excluding hydrogens is 420 g/mol. The van der Waals surface area contributed by atoms with E-state index in [9.17, 15) is 4.79 Å². The first-order valence-corrected chi connectivity index (χ1v) is 12.1. The number of benzene rings is 2. The van der Waals surface area contributed by atoms with Gasteiger partial charge in [0.2, 0.25) is 5.91 Å². The molecule has 32 heavy (non-hydrogen) atoms. The van der Waals surface area contributed by atoms with Crippen LogP contribution in [0.2, 0.25) is 0 Å². The molecule has 1 fully saturated rings. The van der Waals surface area contributed by atoms with E-state index in [0.717, 1.165) is 34.4 Å². The molecule has 3 aromatic rings. The summed E-state index contributed by atoms with van der Waals surface area (Å²) < 4.78 is 7.31. The maximum atomic E-state index is 13.3. The summed E-state index contributed by atoms with van der Waals surface area (Å²) in [7, 11) is 1.65. The van der Waals surface area contributed by atoms with Gasteiger partial charge in [0.25, 0.3) is 0 Å². The first-order chi connectivity index (χ1) is 15.6. The summed E-state index contributed by atoms with van der Waals surface area (Å²) in [4.78, 5) is 15.3. The lowest BCUT2D eigenvalue weighted by Gasteiger charge is -2.29. The maximum absolute atomic E-state index is 13.3. The van der Waals surface area contributed by atoms with E-state index in [1.165, 1.54) is 24.6 Å². The third-order valence-electron chi connectivity index (χ3n) is 6.02. The molecular formula is C25H30N4O2S. The summed E-state index contributed by atoms with van der Waals surface area (Å²) >= 11 is 1.46. The monoisotopic (exact) mass is 450 g/mol. The lowest BCUT2D eigenvalue weighted by molar-refractivity contribution is -0.131. The van der Waals surface area contributed by atoms with Gasteiger partial charge in [-0.15, -0.1) is 10.2 Å². The molecule has 0 saturated heterocycles. The van der Waals surface area contributed by atoms with E-state index in [1.807, 2.05) is 47.4 Å². The Morgan fingerprint density at radius 1 is 1.16 bits per heavy atom. The Kier molecular flexibility index (Phi) is 7.15. The summed E-state index contributed by atoms with van der Waals surface area (Å²) in [5.41, 5.74) is 2.14. The summed E-state index contributed by atoms with van der Waals surface area (Å²) in [6, 6.07) is 18.3. The summed E-state index contributed by atoms with van der Waals surface area (Å²) in [6.45, 7) is 5.63. The van der Waals surface area contributed by atoms with Crippen molar-refractivity contribution in [2.75, 3.05) is 12.9 Å². The number of nitrogens with zero attached hydrogens (tertiary/aromatic N) is 4. The molecule has 168 valence electrons. The first kappa shape index (κ1) is 22.4. The molecule has 4 rings (SSSR count). The highest BCUT2D eigenvalue weighted by molar-refractivity contribution is 7.99. The van der Waals surface area contributed by atoms with Gasteiger partial charge in [0.15, 0.2) is 11.0 Å². The number of thioether (sulfide) groups is 1. The maximum Gasteiger partial charge on any atom is 0.233 e. The number of carbonyl (C=O) groups is 1. The Labute approximate surface area is 194 Å². The number of methoxy groups -OCH3 is 1. The van der Waals surface area contributed by atoms with Crippen molar-refractivity contribution in [3.63, 3.8) is 0 Å². The average Bonchev–Trinajstić information content (AvgIpc) is 3.61. The smallest absolute Gasteiger partial charge is 0.233 e. The van der Waals surface area contributed by atoms with Gasteiger partial charge in [-0.1, -0.05) is 42.1 Å². The molecule has 2 aromatic carbocycles. The minimum absolute atomic E-state index is 0.148. The average molecular weight is 451 g/mol. The number of amides is 1. The fourth-order valence-electron chi connectivity index (χ4n) is 3.92. The van der Waals surface area contributed by atoms with Crippen LogP contribution in [0.1, 0.15) is 32.3 Å². The van der Waals surface area contributed by atoms with Gasteiger partial charge in [0, 0.05) is 24.7 Å². The predicted molar refractivity (Wildman–Crippen MR) is 128 cm³/mol. The number of aromatic nitrogens is 3. The second-order valence-electron chi connectivity index (χ2n) is 8.15. The van der Waals surface area contributed by atoms with Crippen LogP contribution in [0.25, 0.3) is 11.4 Å². The Balaban J connectivity index is 1.47. The molecule has 0 aliphatic heterocycles. The van der Waals surface area contributed by atoms with Crippen LogP contribution in [0, 0.1) is 5.92 Å². The zero-order valence-corrected chi connectivity index (χ0v) is 19.7. The van der Waals surface area contributed by atoms with Gasteiger partial charge in [0.05, 0.1) is 12.9 Å². The van der Waals surface area contributed by atoms with Crippen LogP contribution >= 0.6 is 11.8 Å². The largest absolute Gasteiger partial charge is 0.497 e. The lowest BCUT2D eigenvalue weighted by atomic mass is 10.1. The Hall–Kier alpha value is -2.80. The molecule has 1 aliphatic rings. The number of ether oxygens (including phenoxy) is 1. The SMILES string of the molecule is CCn1c(SCC(=O)N(Cc2ccccc2)C(C)C2CC2)nnc1-c1ccc(OC)cc1. The fourth-order valence-corrected chi connectivity index (χ4v) is 4.80. The minimum Gasteiger partial charge on any atom is -0.497 e. The van der Waals surface area contributed by atoms with Gasteiger partial charge >= 0.3 is 0 Å². The molecule has 1 unspecified atom stereocenters. The molecule has 1 amide bonds. The van der Waals surface area contributed by atoms with Crippen molar-refractivity contribution in [3.05, 3.63) is 60.2 Å². The third-order valence-corrected chi connectivity index (χ3v) is 6.97. The highest BCUT2D eigenvalue weighted by atomic mass is 32.2. The van der Waals surface area contributed by atoms with Crippen molar-refractivity contribution in [1.29, 1.82) is 0 Å². The molecule has 1 heterocycles. The van der Waals surface area contributed by atoms with E-state index in [-0.39, 0.29) is 11.9 Å². The normalized spacial score (nSPS) is 14.2. The van der Waals surface area contributed by atoms with Gasteiger partial charge in [-0.05, 0) is 62.4 Å². The van der Waals surface area contributed by atoms with E-state index < -0.39 is 0 Å². The summed E-state index contributed by atoms with van der Waals surface area (Å²) in [6.07, 6.45) is 2.42. The number of rotatable bonds is 10. The Bertz CT molecular complexity index is 1030. The van der Waals surface area contributed by atoms with Crippen molar-refractivity contribution in [3.8, 4) is 17.1 Å². The van der Waals surface area contributed by atoms with Crippen LogP contribution in [0.5, 0.6) is 5.75 Å². The molecule has 0 N–H and O–H groups in total. The molecule has 6 nitrogen and oxygen atoms in total. The van der Waals surface area contributed by atoms with Crippen LogP contribution in [-0.2, 0) is 17.9 Å². The predicted octanol–water partition coefficient (Wildman–Crippen LogP) is 4.89. The van der Waals surface area contributed by atoms with Gasteiger partial charge in [-0.2, -0.15) is 0 Å². The lowest BCUT2D eigenvalue weighted by Crippen LogP contribution is -2.40. The van der Waals surface area contributed by atoms with Gasteiger partial charge in [-0.3, -0.25) is 4.79 Å². The molecule has 1 saturated carbocycles. The van der Waals surface area contributed by atoms with Crippen LogP contribution in [0.15, 0.2) is 59.8 Å². The van der Waals surface area contributed by atoms with E-state index in [2.05, 4.69) is 40.7 Å². The quantitative estimate of drug-likeness (QED) is 0.412. The summed E-state index contributed by atoms with van der Waals surface area (Å²) in [5.74, 6) is 2.73. The zero-order chi connectivity index (χ0) is 22.5. The Morgan fingerprint density at radius 2 is 1.88 bits per heavy atom. The first-order valence-electron chi connectivity index (χ1n) is 11.1. The van der Waals surface area contributed by atoms with Crippen LogP contribution in [-0.4, -0.2) is 44.5 Å². The van der Waals surface area contributed by atoms with Crippen molar-refractivity contribution in [2.24, 2.45) is 5.92 Å². The molecule has 1 aliphatic carbocycles. The highest BCUT2D eigenvalue weighted by Gasteiger charge is 2.34. The van der Waals surface area contributed by atoms with Crippen molar-refractivity contribution in [1.82, 2.24) is 19.7 Å². The number of hydrogen-bond acceptors (Lipinski definition) is 5. The molecule has 1 atom stereocenters. The topological polar surface area (TPSA) is 60.2 Å². The Morgan fingerprint density at radius 3 is 2.50 bits per heavy atom. The molecule has 0 radical (unpaired) electrons. The van der Waals surface area contributed by atoms with Crippen molar-refractivity contribution < 1.29 is 9.53 Å². The van der Waals surface area contributed by atoms with Gasteiger partial charge in [-0.25, -0.2) is 0 Å². The van der Waals surface area contributed by atoms with Crippen LogP contribution in [0.3, 0.4) is 0 Å². The minimum atomic E-state index is 0.148. The molecule has 1 aromatic heterocycles. The van der Waals surface area contributed by atoms with E-state index in [4.69, 9.17) is 4.74 Å². The number of hydrogen-bond donors (Lipinski definition) is 0. The second-order valence-corrected chi connectivity index (χ2v) is 9.10. The zero-order valence-electron chi connectivity index (χ0n) is 18.9. The van der Waals surface area contributed by atoms with Crippen molar-refractivity contribution >= 4 is 17.7 Å². The highest BCUT2D eigenvalue weighted by Crippen LogP contribution is 2.36. The van der Waals surface area contributed by atoms with Crippen molar-refractivity contribution in [2.45, 2.75) is 51.0 Å². The third kappa shape index (κ3) is 5.15. The van der Waals surface area contributed by atoms with Gasteiger partial charge < -0.3 is 14.2 Å².